The van der Waals surface area contributed by atoms with Gasteiger partial charge in [0.1, 0.15) is 17.3 Å². The number of allylic oxidation sites excluding steroid dienone is 2. The van der Waals surface area contributed by atoms with Gasteiger partial charge in [0.15, 0.2) is 0 Å². The normalized spacial score (nSPS) is 16.5. The minimum absolute atomic E-state index is 0.336. The molecule has 1 aliphatic carbocycles. The second-order valence-electron chi connectivity index (χ2n) is 14.4. The summed E-state index contributed by atoms with van der Waals surface area (Å²) in [6.45, 7) is 15.9. The number of aromatic nitrogens is 4. The Morgan fingerprint density at radius 2 is 1.71 bits per heavy atom. The Kier molecular flexibility index (Phi) is 9.19. The van der Waals surface area contributed by atoms with E-state index in [1.807, 2.05) is 12.3 Å². The van der Waals surface area contributed by atoms with Crippen LogP contribution in [-0.4, -0.2) is 19.3 Å². The maximum Gasteiger partial charge on any atom is 0.137 e. The first-order valence-electron chi connectivity index (χ1n) is 18.3. The maximum atomic E-state index is 6.80. The molecule has 7 rings (SSSR count). The van der Waals surface area contributed by atoms with E-state index in [0.717, 1.165) is 59.7 Å². The molecule has 0 unspecified atom stereocenters. The number of ether oxygens (including phenoxy) is 1. The molecule has 5 nitrogen and oxygen atoms in total. The maximum absolute atomic E-state index is 6.80. The van der Waals surface area contributed by atoms with Crippen molar-refractivity contribution in [2.45, 2.75) is 98.8 Å². The van der Waals surface area contributed by atoms with Crippen LogP contribution in [0.2, 0.25) is 0 Å². The van der Waals surface area contributed by atoms with Gasteiger partial charge in [-0.15, -0.1) is 0 Å². The molecular formula is C44H50N4O. The number of unbranched alkanes of at least 4 members (excludes halogenated alkanes) is 1. The van der Waals surface area contributed by atoms with Crippen molar-refractivity contribution in [3.8, 4) is 23.0 Å². The van der Waals surface area contributed by atoms with Crippen molar-refractivity contribution in [1.29, 1.82) is 0 Å². The molecule has 0 bridgehead atoms. The Bertz CT molecular complexity index is 2160. The van der Waals surface area contributed by atoms with Gasteiger partial charge in [0.05, 0.1) is 22.4 Å². The van der Waals surface area contributed by atoms with Crippen LogP contribution in [0.15, 0.2) is 90.6 Å². The van der Waals surface area contributed by atoms with Gasteiger partial charge in [-0.3, -0.25) is 4.57 Å². The highest BCUT2D eigenvalue weighted by molar-refractivity contribution is 6.09. The van der Waals surface area contributed by atoms with E-state index in [9.17, 15) is 0 Å². The highest BCUT2D eigenvalue weighted by Gasteiger charge is 2.31. The molecule has 49 heavy (non-hydrogen) atoms. The molecule has 0 radical (unpaired) electrons. The second-order valence-corrected chi connectivity index (χ2v) is 14.4. The fourth-order valence-corrected chi connectivity index (χ4v) is 7.92. The van der Waals surface area contributed by atoms with Gasteiger partial charge in [-0.2, -0.15) is 5.10 Å². The van der Waals surface area contributed by atoms with E-state index in [1.54, 1.807) is 0 Å². The van der Waals surface area contributed by atoms with Crippen molar-refractivity contribution in [3.63, 3.8) is 0 Å². The number of hydrogen-bond donors (Lipinski definition) is 0. The summed E-state index contributed by atoms with van der Waals surface area (Å²) in [7, 11) is 0. The molecule has 0 aliphatic heterocycles. The number of aryl methyl sites for hydroxylation is 2. The number of pyridine rings is 1. The van der Waals surface area contributed by atoms with Gasteiger partial charge in [-0.05, 0) is 111 Å². The lowest BCUT2D eigenvalue weighted by molar-refractivity contribution is 0.445. The highest BCUT2D eigenvalue weighted by Crippen LogP contribution is 2.43. The summed E-state index contributed by atoms with van der Waals surface area (Å²) in [5, 5.41) is 7.77. The van der Waals surface area contributed by atoms with Crippen molar-refractivity contribution in [3.05, 3.63) is 119 Å². The van der Waals surface area contributed by atoms with Crippen molar-refractivity contribution in [1.82, 2.24) is 19.3 Å². The molecular weight excluding hydrogens is 601 g/mol. The lowest BCUT2D eigenvalue weighted by Crippen LogP contribution is -2.18. The lowest BCUT2D eigenvalue weighted by Gasteiger charge is -2.30. The van der Waals surface area contributed by atoms with E-state index >= 15 is 0 Å². The van der Waals surface area contributed by atoms with Crippen LogP contribution in [0, 0.1) is 12.8 Å². The number of rotatable bonds is 10. The number of nitrogens with zero attached hydrogens (tertiary/aromatic N) is 4. The van der Waals surface area contributed by atoms with Gasteiger partial charge in [-0.1, -0.05) is 70.9 Å². The predicted octanol–water partition coefficient (Wildman–Crippen LogP) is 12.0. The van der Waals surface area contributed by atoms with Crippen molar-refractivity contribution < 1.29 is 4.74 Å². The van der Waals surface area contributed by atoms with Gasteiger partial charge in [0.2, 0.25) is 0 Å². The molecule has 0 fully saturated rings. The summed E-state index contributed by atoms with van der Waals surface area (Å²) >= 11 is 0. The average molecular weight is 651 g/mol. The molecule has 3 heterocycles. The summed E-state index contributed by atoms with van der Waals surface area (Å²) in [6, 6.07) is 25.9. The molecule has 0 N–H and O–H groups in total. The fourth-order valence-electron chi connectivity index (χ4n) is 7.92. The molecule has 2 atom stereocenters. The van der Waals surface area contributed by atoms with Gasteiger partial charge in [0.25, 0.3) is 0 Å². The lowest BCUT2D eigenvalue weighted by atomic mass is 9.74. The van der Waals surface area contributed by atoms with E-state index in [0.29, 0.717) is 17.8 Å². The average Bonchev–Trinajstić information content (AvgIpc) is 3.62. The first-order chi connectivity index (χ1) is 23.8. The molecule has 0 spiro atoms. The number of hydrogen-bond acceptors (Lipinski definition) is 3. The van der Waals surface area contributed by atoms with E-state index in [1.165, 1.54) is 57.3 Å². The summed E-state index contributed by atoms with van der Waals surface area (Å²) in [6.07, 6.45) is 11.0. The Morgan fingerprint density at radius 3 is 2.47 bits per heavy atom. The first kappa shape index (κ1) is 32.9. The third kappa shape index (κ3) is 6.20. The van der Waals surface area contributed by atoms with E-state index < -0.39 is 0 Å². The smallest absolute Gasteiger partial charge is 0.137 e. The molecule has 5 heteroatoms. The number of benzene rings is 3. The van der Waals surface area contributed by atoms with Crippen molar-refractivity contribution >= 4 is 21.8 Å². The van der Waals surface area contributed by atoms with Crippen molar-refractivity contribution in [2.75, 3.05) is 0 Å². The largest absolute Gasteiger partial charge is 0.457 e. The predicted molar refractivity (Wildman–Crippen MR) is 204 cm³/mol. The van der Waals surface area contributed by atoms with Crippen LogP contribution >= 0.6 is 0 Å². The van der Waals surface area contributed by atoms with E-state index in [4.69, 9.17) is 14.8 Å². The number of para-hydroxylation sites is 1. The zero-order chi connectivity index (χ0) is 34.2. The van der Waals surface area contributed by atoms with E-state index in [-0.39, 0.29) is 0 Å². The third-order valence-electron chi connectivity index (χ3n) is 10.5. The highest BCUT2D eigenvalue weighted by atomic mass is 16.5. The van der Waals surface area contributed by atoms with Crippen LogP contribution in [0.5, 0.6) is 11.5 Å². The topological polar surface area (TPSA) is 44.9 Å². The van der Waals surface area contributed by atoms with Gasteiger partial charge >= 0.3 is 0 Å². The minimum atomic E-state index is 0.336. The van der Waals surface area contributed by atoms with Crippen LogP contribution in [0.3, 0.4) is 0 Å². The Hall–Kier alpha value is -4.64. The Balaban J connectivity index is 1.35. The molecule has 1 aliphatic rings. The van der Waals surface area contributed by atoms with Crippen LogP contribution in [0.25, 0.3) is 33.3 Å². The standard InChI is InChI=1S/C44H50N4O/c1-8-10-17-40-44(43-30(6)14-13-15-31(43)7)38(9-2)46-48(40)33-24-32(28(3)4)25-35(26-33)49-34-19-20-37-36-16-11-12-18-39(36)47(41(37)27-34)42-23-29(5)21-22-45-42/h11-12,14,16,18-28,31,43H,8-10,13,15,17H2,1-7H3/t31-,43+/m0/s1. The fraction of sp³-hybridized carbons (Fsp3) is 0.364. The van der Waals surface area contributed by atoms with Crippen LogP contribution in [0.4, 0.5) is 0 Å². The number of fused-ring (bicyclic) bond motifs is 3. The molecule has 252 valence electrons. The molecule has 3 aromatic carbocycles. The van der Waals surface area contributed by atoms with E-state index in [2.05, 4.69) is 131 Å². The zero-order valence-corrected chi connectivity index (χ0v) is 30.3. The summed E-state index contributed by atoms with van der Waals surface area (Å²) in [4.78, 5) is 4.77. The minimum Gasteiger partial charge on any atom is -0.457 e. The summed E-state index contributed by atoms with van der Waals surface area (Å²) in [5.41, 5.74) is 11.3. The van der Waals surface area contributed by atoms with Crippen molar-refractivity contribution in [2.24, 2.45) is 5.92 Å². The summed E-state index contributed by atoms with van der Waals surface area (Å²) in [5.74, 6) is 3.91. The molecule has 6 aromatic rings. The third-order valence-corrected chi connectivity index (χ3v) is 10.5. The molecule has 0 amide bonds. The van der Waals surface area contributed by atoms with Gasteiger partial charge in [0, 0.05) is 46.3 Å². The van der Waals surface area contributed by atoms with Gasteiger partial charge in [-0.25, -0.2) is 9.67 Å². The monoisotopic (exact) mass is 650 g/mol. The Labute approximate surface area is 291 Å². The molecule has 0 saturated heterocycles. The second kappa shape index (κ2) is 13.7. The first-order valence-corrected chi connectivity index (χ1v) is 18.3. The van der Waals surface area contributed by atoms with Gasteiger partial charge < -0.3 is 4.74 Å². The quantitative estimate of drug-likeness (QED) is 0.139. The van der Waals surface area contributed by atoms with Crippen LogP contribution in [-0.2, 0) is 12.8 Å². The summed E-state index contributed by atoms with van der Waals surface area (Å²) < 4.78 is 11.3. The molecule has 3 aromatic heterocycles. The SMILES string of the molecule is CCCCc1c([C@@H]2C(C)=CCC[C@@H]2C)c(CC)nn1-c1cc(Oc2ccc3c4ccccc4n(-c4cc(C)ccn4)c3c2)cc(C(C)C)c1. The van der Waals surface area contributed by atoms with Crippen LogP contribution in [0.1, 0.15) is 107 Å². The van der Waals surface area contributed by atoms with Crippen LogP contribution < -0.4 is 4.74 Å². The molecule has 0 saturated carbocycles. The zero-order valence-electron chi connectivity index (χ0n) is 30.3. The Morgan fingerprint density at radius 1 is 0.898 bits per heavy atom.